The third kappa shape index (κ3) is 8.46. The topological polar surface area (TPSA) is 145 Å². The molecule has 0 aromatic heterocycles. The van der Waals surface area contributed by atoms with Gasteiger partial charge in [0.25, 0.3) is 0 Å². The summed E-state index contributed by atoms with van der Waals surface area (Å²) in [6.45, 7) is 5.70. The fourth-order valence-corrected chi connectivity index (χ4v) is 7.67. The SMILES string of the molecule is COc1ccc(S(=O)(=O)N(CC(C)C)C[C@@H](O)[C@@H]2Cc3cccc(c3)OCCCCN[C@H]3CO[C@@H]4OC[C@H](OC(=O)N2)[C@@H]43)cc1. The molecule has 2 bridgehead atoms. The van der Waals surface area contributed by atoms with E-state index in [2.05, 4.69) is 10.6 Å². The number of ether oxygens (including phenoxy) is 5. The molecule has 1 amide bonds. The van der Waals surface area contributed by atoms with Gasteiger partial charge in [0.2, 0.25) is 10.0 Å². The Balaban J connectivity index is 1.39. The van der Waals surface area contributed by atoms with Gasteiger partial charge in [-0.05, 0) is 73.7 Å². The van der Waals surface area contributed by atoms with Gasteiger partial charge in [-0.2, -0.15) is 4.31 Å². The summed E-state index contributed by atoms with van der Waals surface area (Å²) in [5.74, 6) is 1.02. The summed E-state index contributed by atoms with van der Waals surface area (Å²) in [5.41, 5.74) is 0.810. The number of methoxy groups -OCH3 is 1. The van der Waals surface area contributed by atoms with Gasteiger partial charge in [-0.25, -0.2) is 13.2 Å². The van der Waals surface area contributed by atoms with Crippen LogP contribution in [0, 0.1) is 11.8 Å². The highest BCUT2D eigenvalue weighted by atomic mass is 32.2. The Hall–Kier alpha value is -2.94. The van der Waals surface area contributed by atoms with Crippen molar-refractivity contribution in [3.05, 3.63) is 54.1 Å². The molecule has 6 atom stereocenters. The van der Waals surface area contributed by atoms with Crippen LogP contribution in [0.3, 0.4) is 0 Å². The molecule has 3 aliphatic rings. The van der Waals surface area contributed by atoms with Gasteiger partial charge in [-0.1, -0.05) is 26.0 Å². The number of hydrogen-bond donors (Lipinski definition) is 3. The highest BCUT2D eigenvalue weighted by molar-refractivity contribution is 7.89. The van der Waals surface area contributed by atoms with Crippen LogP contribution in [-0.2, 0) is 30.7 Å². The summed E-state index contributed by atoms with van der Waals surface area (Å²) in [6.07, 6.45) is -1.01. The first-order valence-corrected chi connectivity index (χ1v) is 17.1. The predicted molar refractivity (Wildman–Crippen MR) is 166 cm³/mol. The zero-order chi connectivity index (χ0) is 32.0. The lowest BCUT2D eigenvalue weighted by molar-refractivity contribution is -0.0908. The van der Waals surface area contributed by atoms with Crippen LogP contribution in [0.1, 0.15) is 32.3 Å². The van der Waals surface area contributed by atoms with Crippen LogP contribution in [0.2, 0.25) is 0 Å². The molecular formula is C32H45N3O9S. The number of carbonyl (C=O) groups excluding carboxylic acids is 1. The van der Waals surface area contributed by atoms with Crippen LogP contribution in [0.25, 0.3) is 0 Å². The maximum atomic E-state index is 13.8. The molecule has 2 fully saturated rings. The molecule has 12 nitrogen and oxygen atoms in total. The highest BCUT2D eigenvalue weighted by Crippen LogP contribution is 2.34. The van der Waals surface area contributed by atoms with Gasteiger partial charge in [0.15, 0.2) is 6.29 Å². The van der Waals surface area contributed by atoms with E-state index in [1.165, 1.54) is 23.5 Å². The molecule has 0 spiro atoms. The van der Waals surface area contributed by atoms with Gasteiger partial charge in [0, 0.05) is 19.1 Å². The van der Waals surface area contributed by atoms with E-state index in [0.29, 0.717) is 24.7 Å². The highest BCUT2D eigenvalue weighted by Gasteiger charge is 2.50. The smallest absolute Gasteiger partial charge is 0.407 e. The van der Waals surface area contributed by atoms with E-state index in [-0.39, 0.29) is 48.9 Å². The van der Waals surface area contributed by atoms with Crippen LogP contribution < -0.4 is 20.1 Å². The average molecular weight is 648 g/mol. The molecule has 2 aromatic rings. The summed E-state index contributed by atoms with van der Waals surface area (Å²) < 4.78 is 57.4. The number of rotatable bonds is 8. The first-order chi connectivity index (χ1) is 21.6. The minimum absolute atomic E-state index is 0.0245. The minimum atomic E-state index is -3.98. The second kappa shape index (κ2) is 15.1. The Labute approximate surface area is 265 Å². The van der Waals surface area contributed by atoms with Gasteiger partial charge < -0.3 is 39.4 Å². The fraction of sp³-hybridized carbons (Fsp3) is 0.594. The van der Waals surface area contributed by atoms with Crippen molar-refractivity contribution in [1.82, 2.24) is 14.9 Å². The zero-order valence-electron chi connectivity index (χ0n) is 26.1. The lowest BCUT2D eigenvalue weighted by Crippen LogP contribution is -2.52. The summed E-state index contributed by atoms with van der Waals surface area (Å²) in [4.78, 5) is 13.4. The van der Waals surface area contributed by atoms with E-state index in [0.717, 1.165) is 24.9 Å². The molecule has 0 radical (unpaired) electrons. The Morgan fingerprint density at radius 2 is 1.84 bits per heavy atom. The first-order valence-electron chi connectivity index (χ1n) is 15.6. The Morgan fingerprint density at radius 3 is 2.60 bits per heavy atom. The molecule has 5 rings (SSSR count). The van der Waals surface area contributed by atoms with E-state index < -0.39 is 40.7 Å². The number of nitrogens with zero attached hydrogens (tertiary/aromatic N) is 1. The number of benzene rings is 2. The number of amides is 1. The van der Waals surface area contributed by atoms with Crippen LogP contribution in [0.4, 0.5) is 4.79 Å². The predicted octanol–water partition coefficient (Wildman–Crippen LogP) is 2.54. The third-order valence-corrected chi connectivity index (χ3v) is 10.2. The van der Waals surface area contributed by atoms with E-state index >= 15 is 0 Å². The van der Waals surface area contributed by atoms with Gasteiger partial charge in [-0.3, -0.25) is 0 Å². The van der Waals surface area contributed by atoms with Crippen molar-refractivity contribution in [2.24, 2.45) is 11.8 Å². The number of sulfonamides is 1. The fourth-order valence-electron chi connectivity index (χ4n) is 6.05. The second-order valence-corrected chi connectivity index (χ2v) is 14.2. The van der Waals surface area contributed by atoms with Crippen molar-refractivity contribution in [2.45, 2.75) is 68.6 Å². The van der Waals surface area contributed by atoms with E-state index in [1.807, 2.05) is 38.1 Å². The Kier molecular flexibility index (Phi) is 11.2. The summed E-state index contributed by atoms with van der Waals surface area (Å²) >= 11 is 0. The van der Waals surface area contributed by atoms with Gasteiger partial charge in [0.1, 0.15) is 17.6 Å². The van der Waals surface area contributed by atoms with Gasteiger partial charge >= 0.3 is 6.09 Å². The second-order valence-electron chi connectivity index (χ2n) is 12.2. The van der Waals surface area contributed by atoms with E-state index in [9.17, 15) is 18.3 Å². The van der Waals surface area contributed by atoms with Crippen molar-refractivity contribution in [1.29, 1.82) is 0 Å². The molecule has 2 aromatic carbocycles. The average Bonchev–Trinajstić information content (AvgIpc) is 3.60. The standard InChI is InChI=1S/C32H45N3O9S/c1-21(2)17-35(45(38,39)25-11-9-23(40-3)10-12-25)18-28(36)26-16-22-7-6-8-24(15-22)41-14-5-4-13-33-27-19-42-31-30(27)29(20-43-31)44-32(37)34-26/h6-12,15,21,26-31,33,36H,4-5,13-14,16-20H2,1-3H3,(H,34,37)/t26-,27-,28+,29-,30-,31+/m0/s1. The number of hydrogen-bond acceptors (Lipinski definition) is 10. The molecule has 45 heavy (non-hydrogen) atoms. The molecule has 248 valence electrons. The zero-order valence-corrected chi connectivity index (χ0v) is 26.9. The lowest BCUT2D eigenvalue weighted by Gasteiger charge is -2.31. The number of carbonyl (C=O) groups is 1. The lowest BCUT2D eigenvalue weighted by atomic mass is 9.97. The Bertz CT molecular complexity index is 1370. The van der Waals surface area contributed by atoms with Crippen LogP contribution in [0.15, 0.2) is 53.4 Å². The quantitative estimate of drug-likeness (QED) is 0.391. The number of nitrogens with one attached hydrogen (secondary N) is 2. The molecular weight excluding hydrogens is 602 g/mol. The molecule has 3 aliphatic heterocycles. The molecule has 2 saturated heterocycles. The van der Waals surface area contributed by atoms with Crippen molar-refractivity contribution in [3.63, 3.8) is 0 Å². The monoisotopic (exact) mass is 647 g/mol. The van der Waals surface area contributed by atoms with Crippen molar-refractivity contribution in [3.8, 4) is 11.5 Å². The molecule has 0 unspecified atom stereocenters. The van der Waals surface area contributed by atoms with Crippen LogP contribution in [0.5, 0.6) is 11.5 Å². The first kappa shape index (κ1) is 33.4. The van der Waals surface area contributed by atoms with Crippen molar-refractivity contribution < 1.29 is 42.0 Å². The summed E-state index contributed by atoms with van der Waals surface area (Å²) in [7, 11) is -2.47. The molecule has 3 N–H and O–H groups in total. The van der Waals surface area contributed by atoms with E-state index in [4.69, 9.17) is 23.7 Å². The summed E-state index contributed by atoms with van der Waals surface area (Å²) in [6, 6.07) is 12.7. The van der Waals surface area contributed by atoms with Gasteiger partial charge in [0.05, 0.1) is 49.9 Å². The molecule has 3 heterocycles. The maximum absolute atomic E-state index is 13.8. The number of fused-ring (bicyclic) bond motifs is 2. The van der Waals surface area contributed by atoms with Crippen LogP contribution in [-0.4, -0.2) is 101 Å². The number of aliphatic hydroxyl groups excluding tert-OH is 1. The normalized spacial score (nSPS) is 26.8. The minimum Gasteiger partial charge on any atom is -0.497 e. The van der Waals surface area contributed by atoms with Gasteiger partial charge in [-0.15, -0.1) is 0 Å². The van der Waals surface area contributed by atoms with Crippen LogP contribution >= 0.6 is 0 Å². The van der Waals surface area contributed by atoms with Crippen molar-refractivity contribution in [2.75, 3.05) is 46.6 Å². The maximum Gasteiger partial charge on any atom is 0.407 e. The largest absolute Gasteiger partial charge is 0.497 e. The molecule has 0 aliphatic carbocycles. The number of alkyl carbamates (subject to hydrolysis) is 1. The third-order valence-electron chi connectivity index (χ3n) is 8.36. The number of aliphatic hydroxyl groups is 1. The molecule has 0 saturated carbocycles. The molecule has 13 heteroatoms. The Morgan fingerprint density at radius 1 is 1.07 bits per heavy atom. The van der Waals surface area contributed by atoms with Crippen molar-refractivity contribution >= 4 is 16.1 Å². The van der Waals surface area contributed by atoms with E-state index in [1.54, 1.807) is 12.1 Å². The summed E-state index contributed by atoms with van der Waals surface area (Å²) in [5, 5.41) is 18.0.